The predicted octanol–water partition coefficient (Wildman–Crippen LogP) is 3.97. The molecule has 0 bridgehead atoms. The molecule has 0 amide bonds. The minimum absolute atomic E-state index is 0.127. The summed E-state index contributed by atoms with van der Waals surface area (Å²) >= 11 is 7.70. The lowest BCUT2D eigenvalue weighted by Crippen LogP contribution is -2.31. The van der Waals surface area contributed by atoms with E-state index >= 15 is 0 Å². The summed E-state index contributed by atoms with van der Waals surface area (Å²) < 4.78 is 0. The van der Waals surface area contributed by atoms with Gasteiger partial charge in [0.1, 0.15) is 0 Å². The zero-order valence-corrected chi connectivity index (χ0v) is 13.2. The Morgan fingerprint density at radius 3 is 2.67 bits per heavy atom. The Labute approximate surface area is 133 Å². The van der Waals surface area contributed by atoms with E-state index in [9.17, 15) is 4.79 Å². The predicted molar refractivity (Wildman–Crippen MR) is 87.0 cm³/mol. The molecule has 21 heavy (non-hydrogen) atoms. The first-order valence-electron chi connectivity index (χ1n) is 6.86. The molecule has 1 unspecified atom stereocenters. The third kappa shape index (κ3) is 5.50. The molecule has 0 aliphatic carbocycles. The van der Waals surface area contributed by atoms with Crippen LogP contribution in [-0.4, -0.2) is 17.1 Å². The molecule has 5 heteroatoms. The third-order valence-corrected chi connectivity index (χ3v) is 4.66. The van der Waals surface area contributed by atoms with Crippen molar-refractivity contribution in [3.8, 4) is 0 Å². The number of halogens is 1. The molecule has 2 rings (SSSR count). The number of hydrogen-bond donors (Lipinski definition) is 2. The van der Waals surface area contributed by atoms with Crippen LogP contribution in [0.4, 0.5) is 0 Å². The van der Waals surface area contributed by atoms with Gasteiger partial charge in [0.15, 0.2) is 0 Å². The maximum Gasteiger partial charge on any atom is 0.303 e. The monoisotopic (exact) mass is 323 g/mol. The SMILES string of the molecule is O=C(O)CCC(Cc1ccccc1)NCc1sccc1Cl. The molecule has 0 aliphatic heterocycles. The van der Waals surface area contributed by atoms with Crippen LogP contribution >= 0.6 is 22.9 Å². The van der Waals surface area contributed by atoms with Crippen molar-refractivity contribution in [2.45, 2.75) is 31.8 Å². The molecule has 2 N–H and O–H groups in total. The van der Waals surface area contributed by atoms with E-state index in [4.69, 9.17) is 16.7 Å². The van der Waals surface area contributed by atoms with Gasteiger partial charge in [-0.25, -0.2) is 0 Å². The number of carbonyl (C=O) groups is 1. The van der Waals surface area contributed by atoms with Gasteiger partial charge >= 0.3 is 5.97 Å². The summed E-state index contributed by atoms with van der Waals surface area (Å²) in [6.07, 6.45) is 1.59. The fourth-order valence-corrected chi connectivity index (χ4v) is 3.21. The number of rotatable bonds is 8. The molecular weight excluding hydrogens is 306 g/mol. The van der Waals surface area contributed by atoms with E-state index in [0.717, 1.165) is 16.3 Å². The summed E-state index contributed by atoms with van der Waals surface area (Å²) in [4.78, 5) is 11.9. The average Bonchev–Trinajstić information content (AvgIpc) is 2.88. The number of hydrogen-bond acceptors (Lipinski definition) is 3. The van der Waals surface area contributed by atoms with E-state index < -0.39 is 5.97 Å². The molecule has 112 valence electrons. The first-order chi connectivity index (χ1) is 10.1. The van der Waals surface area contributed by atoms with Crippen molar-refractivity contribution in [2.75, 3.05) is 0 Å². The minimum Gasteiger partial charge on any atom is -0.481 e. The number of nitrogens with one attached hydrogen (secondary N) is 1. The van der Waals surface area contributed by atoms with Crippen molar-refractivity contribution < 1.29 is 9.90 Å². The maximum absolute atomic E-state index is 10.8. The minimum atomic E-state index is -0.760. The van der Waals surface area contributed by atoms with Crippen molar-refractivity contribution >= 4 is 28.9 Å². The van der Waals surface area contributed by atoms with Gasteiger partial charge < -0.3 is 10.4 Å². The molecule has 1 atom stereocenters. The molecule has 0 saturated carbocycles. The van der Waals surface area contributed by atoms with Crippen LogP contribution < -0.4 is 5.32 Å². The Hall–Kier alpha value is -1.36. The van der Waals surface area contributed by atoms with Gasteiger partial charge in [-0.15, -0.1) is 11.3 Å². The van der Waals surface area contributed by atoms with E-state index in [0.29, 0.717) is 13.0 Å². The Balaban J connectivity index is 1.94. The van der Waals surface area contributed by atoms with Crippen LogP contribution in [0, 0.1) is 0 Å². The van der Waals surface area contributed by atoms with Crippen molar-refractivity contribution in [1.82, 2.24) is 5.32 Å². The summed E-state index contributed by atoms with van der Waals surface area (Å²) in [6, 6.07) is 12.1. The highest BCUT2D eigenvalue weighted by molar-refractivity contribution is 7.10. The first-order valence-corrected chi connectivity index (χ1v) is 8.12. The standard InChI is InChI=1S/C16H18ClNO2S/c17-14-8-9-21-15(14)11-18-13(6-7-16(19)20)10-12-4-2-1-3-5-12/h1-5,8-9,13,18H,6-7,10-11H2,(H,19,20). The molecule has 0 radical (unpaired) electrons. The van der Waals surface area contributed by atoms with Crippen molar-refractivity contribution in [2.24, 2.45) is 0 Å². The summed E-state index contributed by atoms with van der Waals surface area (Å²) in [6.45, 7) is 0.674. The van der Waals surface area contributed by atoms with Crippen LogP contribution in [0.1, 0.15) is 23.3 Å². The quantitative estimate of drug-likeness (QED) is 0.773. The largest absolute Gasteiger partial charge is 0.481 e. The highest BCUT2D eigenvalue weighted by Crippen LogP contribution is 2.22. The smallest absolute Gasteiger partial charge is 0.303 e. The number of benzene rings is 1. The van der Waals surface area contributed by atoms with Gasteiger partial charge in [0.2, 0.25) is 0 Å². The summed E-state index contributed by atoms with van der Waals surface area (Å²) in [5.41, 5.74) is 1.21. The van der Waals surface area contributed by atoms with E-state index in [2.05, 4.69) is 17.4 Å². The van der Waals surface area contributed by atoms with Crippen LogP contribution in [0.25, 0.3) is 0 Å². The van der Waals surface area contributed by atoms with Crippen LogP contribution in [0.3, 0.4) is 0 Å². The van der Waals surface area contributed by atoms with E-state index in [1.54, 1.807) is 11.3 Å². The highest BCUT2D eigenvalue weighted by Gasteiger charge is 2.12. The molecule has 2 aromatic rings. The Bertz CT molecular complexity index is 571. The fraction of sp³-hybridized carbons (Fsp3) is 0.312. The lowest BCUT2D eigenvalue weighted by atomic mass is 10.0. The van der Waals surface area contributed by atoms with Crippen LogP contribution in [0.5, 0.6) is 0 Å². The number of carboxylic acids is 1. The number of aliphatic carboxylic acids is 1. The van der Waals surface area contributed by atoms with Gasteiger partial charge in [0, 0.05) is 23.9 Å². The zero-order chi connectivity index (χ0) is 15.1. The molecule has 1 aromatic carbocycles. The van der Waals surface area contributed by atoms with E-state index in [-0.39, 0.29) is 12.5 Å². The molecular formula is C16H18ClNO2S. The average molecular weight is 324 g/mol. The third-order valence-electron chi connectivity index (χ3n) is 3.27. The molecule has 0 spiro atoms. The summed E-state index contributed by atoms with van der Waals surface area (Å²) in [5, 5.41) is 15.0. The van der Waals surface area contributed by atoms with Gasteiger partial charge in [-0.3, -0.25) is 4.79 Å². The van der Waals surface area contributed by atoms with Crippen LogP contribution in [0.2, 0.25) is 5.02 Å². The molecule has 0 saturated heterocycles. The van der Waals surface area contributed by atoms with Gasteiger partial charge in [0.05, 0.1) is 5.02 Å². The van der Waals surface area contributed by atoms with Crippen LogP contribution in [0.15, 0.2) is 41.8 Å². The summed E-state index contributed by atoms with van der Waals surface area (Å²) in [7, 11) is 0. The molecule has 0 fully saturated rings. The topological polar surface area (TPSA) is 49.3 Å². The first kappa shape index (κ1) is 16.0. The number of thiophene rings is 1. The zero-order valence-electron chi connectivity index (χ0n) is 11.6. The summed E-state index contributed by atoms with van der Waals surface area (Å²) in [5.74, 6) is -0.760. The Morgan fingerprint density at radius 1 is 1.29 bits per heavy atom. The van der Waals surface area contributed by atoms with Crippen molar-refractivity contribution in [1.29, 1.82) is 0 Å². The van der Waals surface area contributed by atoms with E-state index in [1.165, 1.54) is 5.56 Å². The van der Waals surface area contributed by atoms with Crippen molar-refractivity contribution in [3.63, 3.8) is 0 Å². The lowest BCUT2D eigenvalue weighted by molar-refractivity contribution is -0.137. The normalized spacial score (nSPS) is 12.2. The Morgan fingerprint density at radius 2 is 2.05 bits per heavy atom. The van der Waals surface area contributed by atoms with Crippen molar-refractivity contribution in [3.05, 3.63) is 57.2 Å². The second-order valence-electron chi connectivity index (χ2n) is 4.89. The van der Waals surface area contributed by atoms with Gasteiger partial charge in [-0.1, -0.05) is 41.9 Å². The molecule has 1 aromatic heterocycles. The molecule has 1 heterocycles. The second kappa shape index (κ2) is 8.17. The maximum atomic E-state index is 10.8. The molecule has 3 nitrogen and oxygen atoms in total. The lowest BCUT2D eigenvalue weighted by Gasteiger charge is -2.18. The van der Waals surface area contributed by atoms with E-state index in [1.807, 2.05) is 29.6 Å². The second-order valence-corrected chi connectivity index (χ2v) is 6.30. The highest BCUT2D eigenvalue weighted by atomic mass is 35.5. The van der Waals surface area contributed by atoms with Crippen LogP contribution in [-0.2, 0) is 17.8 Å². The molecule has 0 aliphatic rings. The fourth-order valence-electron chi connectivity index (χ4n) is 2.16. The van der Waals surface area contributed by atoms with Gasteiger partial charge in [0.25, 0.3) is 0 Å². The number of carboxylic acid groups (broad SMARTS) is 1. The Kier molecular flexibility index (Phi) is 6.23. The van der Waals surface area contributed by atoms with Gasteiger partial charge in [-0.05, 0) is 29.9 Å². The van der Waals surface area contributed by atoms with Gasteiger partial charge in [-0.2, -0.15) is 0 Å².